The lowest BCUT2D eigenvalue weighted by Crippen LogP contribution is -2.15. The van der Waals surface area contributed by atoms with Crippen molar-refractivity contribution in [2.45, 2.75) is 104 Å². The Bertz CT molecular complexity index is 1310. The highest BCUT2D eigenvalue weighted by molar-refractivity contribution is 5.91. The van der Waals surface area contributed by atoms with E-state index >= 15 is 0 Å². The van der Waals surface area contributed by atoms with Crippen LogP contribution in [-0.2, 0) is 4.74 Å². The van der Waals surface area contributed by atoms with E-state index in [2.05, 4.69) is 25.7 Å². The topological polar surface area (TPSA) is 61.8 Å². The number of rotatable bonds is 18. The molecule has 0 aliphatic rings. The molecule has 0 amide bonds. The second-order valence-corrected chi connectivity index (χ2v) is 11.3. The highest BCUT2D eigenvalue weighted by Crippen LogP contribution is 2.20. The molecule has 3 aromatic carbocycles. The van der Waals surface area contributed by atoms with Crippen molar-refractivity contribution < 1.29 is 23.8 Å². The van der Waals surface area contributed by atoms with Gasteiger partial charge in [-0.15, -0.1) is 0 Å². The summed E-state index contributed by atoms with van der Waals surface area (Å²) in [7, 11) is 0. The Balaban J connectivity index is 1.41. The van der Waals surface area contributed by atoms with Crippen LogP contribution in [-0.4, -0.2) is 24.6 Å². The lowest BCUT2D eigenvalue weighted by Gasteiger charge is -2.13. The molecule has 0 radical (unpaired) electrons. The molecule has 0 unspecified atom stereocenters. The van der Waals surface area contributed by atoms with E-state index in [1.807, 2.05) is 31.2 Å². The normalized spacial score (nSPS) is 11.2. The molecule has 5 nitrogen and oxygen atoms in total. The Morgan fingerprint density at radius 3 is 1.64 bits per heavy atom. The second kappa shape index (κ2) is 20.0. The minimum Gasteiger partial charge on any atom is -0.494 e. The summed E-state index contributed by atoms with van der Waals surface area (Å²) >= 11 is 0. The molecule has 0 aromatic heterocycles. The largest absolute Gasteiger partial charge is 0.494 e. The zero-order valence-corrected chi connectivity index (χ0v) is 26.7. The SMILES string of the molecule is CCCCCCCCCOc1ccc(OC(=O)c2ccc(C#Cc3ccc(C(=O)O[C@H](C)CCCCCC)cc3)cc2)cc1. The van der Waals surface area contributed by atoms with E-state index in [9.17, 15) is 9.59 Å². The summed E-state index contributed by atoms with van der Waals surface area (Å²) in [5, 5.41) is 0. The van der Waals surface area contributed by atoms with Crippen LogP contribution < -0.4 is 9.47 Å². The molecule has 3 aromatic rings. The number of carbonyl (C=O) groups is 2. The summed E-state index contributed by atoms with van der Waals surface area (Å²) in [6.07, 6.45) is 14.2. The maximum atomic E-state index is 12.6. The van der Waals surface area contributed by atoms with Crippen molar-refractivity contribution in [3.63, 3.8) is 0 Å². The van der Waals surface area contributed by atoms with Crippen LogP contribution in [0.5, 0.6) is 11.5 Å². The third-order valence-electron chi connectivity index (χ3n) is 7.42. The Morgan fingerprint density at radius 2 is 1.07 bits per heavy atom. The van der Waals surface area contributed by atoms with E-state index in [0.717, 1.165) is 36.1 Å². The summed E-state index contributed by atoms with van der Waals surface area (Å²) in [6, 6.07) is 21.2. The van der Waals surface area contributed by atoms with Crippen molar-refractivity contribution in [1.82, 2.24) is 0 Å². The van der Waals surface area contributed by atoms with Gasteiger partial charge in [-0.3, -0.25) is 0 Å². The maximum absolute atomic E-state index is 12.6. The van der Waals surface area contributed by atoms with Crippen LogP contribution in [0.1, 0.15) is 130 Å². The number of benzene rings is 3. The predicted molar refractivity (Wildman–Crippen MR) is 177 cm³/mol. The molecular weight excluding hydrogens is 548 g/mol. The van der Waals surface area contributed by atoms with Crippen molar-refractivity contribution in [1.29, 1.82) is 0 Å². The number of hydrogen-bond donors (Lipinski definition) is 0. The van der Waals surface area contributed by atoms with Gasteiger partial charge in [0.2, 0.25) is 0 Å². The first-order valence-electron chi connectivity index (χ1n) is 16.4. The Hall–Kier alpha value is -4.04. The van der Waals surface area contributed by atoms with Gasteiger partial charge in [0, 0.05) is 11.1 Å². The van der Waals surface area contributed by atoms with Gasteiger partial charge in [0.25, 0.3) is 0 Å². The third-order valence-corrected chi connectivity index (χ3v) is 7.42. The fraction of sp³-hybridized carbons (Fsp3) is 0.436. The Kier molecular flexibility index (Phi) is 15.7. The van der Waals surface area contributed by atoms with Gasteiger partial charge in [0.15, 0.2) is 0 Å². The van der Waals surface area contributed by atoms with Crippen LogP contribution in [0.3, 0.4) is 0 Å². The van der Waals surface area contributed by atoms with Gasteiger partial charge < -0.3 is 14.2 Å². The number of unbranched alkanes of at least 4 members (excludes halogenated alkanes) is 9. The summed E-state index contributed by atoms with van der Waals surface area (Å²) in [4.78, 5) is 25.1. The maximum Gasteiger partial charge on any atom is 0.343 e. The van der Waals surface area contributed by atoms with E-state index in [1.54, 1.807) is 48.5 Å². The fourth-order valence-corrected chi connectivity index (χ4v) is 4.71. The summed E-state index contributed by atoms with van der Waals surface area (Å²) in [5.41, 5.74) is 2.51. The van der Waals surface area contributed by atoms with E-state index in [1.165, 1.54) is 57.8 Å². The zero-order chi connectivity index (χ0) is 31.4. The number of ether oxygens (including phenoxy) is 3. The summed E-state index contributed by atoms with van der Waals surface area (Å²) in [6.45, 7) is 7.05. The molecule has 3 rings (SSSR count). The lowest BCUT2D eigenvalue weighted by atomic mass is 10.1. The second-order valence-electron chi connectivity index (χ2n) is 11.3. The van der Waals surface area contributed by atoms with Crippen LogP contribution in [0.2, 0.25) is 0 Å². The zero-order valence-electron chi connectivity index (χ0n) is 26.7. The minimum absolute atomic E-state index is 0.0939. The first kappa shape index (κ1) is 34.5. The molecule has 0 bridgehead atoms. The molecule has 0 N–H and O–H groups in total. The van der Waals surface area contributed by atoms with Crippen LogP contribution in [0.15, 0.2) is 72.8 Å². The van der Waals surface area contributed by atoms with Crippen molar-refractivity contribution in [3.05, 3.63) is 95.1 Å². The predicted octanol–water partition coefficient (Wildman–Crippen LogP) is 9.95. The molecule has 44 heavy (non-hydrogen) atoms. The van der Waals surface area contributed by atoms with Crippen LogP contribution in [0.25, 0.3) is 0 Å². The van der Waals surface area contributed by atoms with Gasteiger partial charge in [0.05, 0.1) is 23.8 Å². The van der Waals surface area contributed by atoms with Gasteiger partial charge in [-0.2, -0.15) is 0 Å². The minimum atomic E-state index is -0.431. The van der Waals surface area contributed by atoms with E-state index < -0.39 is 5.97 Å². The molecule has 0 spiro atoms. The highest BCUT2D eigenvalue weighted by atomic mass is 16.5. The standard InChI is InChI=1S/C39H48O5/c1-4-6-8-10-11-12-14-30-42-36-26-28-37(29-27-36)44-39(41)35-24-20-33(21-25-35)17-16-32-18-22-34(23-19-32)38(40)43-31(3)15-13-9-7-5-2/h18-29,31H,4-15,30H2,1-3H3/t31-/m1/s1. The molecule has 0 fully saturated rings. The highest BCUT2D eigenvalue weighted by Gasteiger charge is 2.12. The Labute approximate surface area is 264 Å². The average Bonchev–Trinajstić information content (AvgIpc) is 3.04. The van der Waals surface area contributed by atoms with Crippen LogP contribution >= 0.6 is 0 Å². The average molecular weight is 597 g/mol. The van der Waals surface area contributed by atoms with Gasteiger partial charge in [0.1, 0.15) is 11.5 Å². The quantitative estimate of drug-likeness (QED) is 0.0633. The molecule has 0 aliphatic carbocycles. The molecule has 234 valence electrons. The first-order chi connectivity index (χ1) is 21.5. The third kappa shape index (κ3) is 13.1. The lowest BCUT2D eigenvalue weighted by molar-refractivity contribution is 0.0319. The smallest absolute Gasteiger partial charge is 0.343 e. The van der Waals surface area contributed by atoms with Gasteiger partial charge in [-0.05, 0) is 99.0 Å². The van der Waals surface area contributed by atoms with Crippen molar-refractivity contribution >= 4 is 11.9 Å². The molecule has 0 heterocycles. The molecule has 1 atom stereocenters. The molecule has 0 saturated carbocycles. The van der Waals surface area contributed by atoms with E-state index in [4.69, 9.17) is 14.2 Å². The molecule has 5 heteroatoms. The number of hydrogen-bond acceptors (Lipinski definition) is 5. The number of esters is 2. The fourth-order valence-electron chi connectivity index (χ4n) is 4.71. The number of carbonyl (C=O) groups excluding carboxylic acids is 2. The molecule has 0 saturated heterocycles. The van der Waals surface area contributed by atoms with E-state index in [-0.39, 0.29) is 12.1 Å². The van der Waals surface area contributed by atoms with Crippen molar-refractivity contribution in [2.24, 2.45) is 0 Å². The molecular formula is C39H48O5. The van der Waals surface area contributed by atoms with Gasteiger partial charge in [-0.25, -0.2) is 9.59 Å². The summed E-state index contributed by atoms with van der Waals surface area (Å²) in [5.74, 6) is 6.71. The van der Waals surface area contributed by atoms with E-state index in [0.29, 0.717) is 23.5 Å². The van der Waals surface area contributed by atoms with Crippen molar-refractivity contribution in [3.8, 4) is 23.3 Å². The summed E-state index contributed by atoms with van der Waals surface area (Å²) < 4.78 is 16.9. The Morgan fingerprint density at radius 1 is 0.591 bits per heavy atom. The first-order valence-corrected chi connectivity index (χ1v) is 16.4. The van der Waals surface area contributed by atoms with Gasteiger partial charge >= 0.3 is 11.9 Å². The van der Waals surface area contributed by atoms with Gasteiger partial charge in [-0.1, -0.05) is 83.5 Å². The van der Waals surface area contributed by atoms with Crippen LogP contribution in [0, 0.1) is 11.8 Å². The van der Waals surface area contributed by atoms with Crippen LogP contribution in [0.4, 0.5) is 0 Å². The molecule has 0 aliphatic heterocycles. The van der Waals surface area contributed by atoms with Crippen molar-refractivity contribution in [2.75, 3.05) is 6.61 Å². The monoisotopic (exact) mass is 596 g/mol.